The summed E-state index contributed by atoms with van der Waals surface area (Å²) >= 11 is 1.26. The Hall–Kier alpha value is -5.16. The van der Waals surface area contributed by atoms with Gasteiger partial charge < -0.3 is 24.1 Å². The second-order valence-corrected chi connectivity index (χ2v) is 11.4. The van der Waals surface area contributed by atoms with Crippen molar-refractivity contribution in [3.8, 4) is 17.2 Å². The second-order valence-electron chi connectivity index (χ2n) is 10.4. The highest BCUT2D eigenvalue weighted by atomic mass is 32.1. The molecule has 0 bridgehead atoms. The molecule has 230 valence electrons. The van der Waals surface area contributed by atoms with Crippen LogP contribution in [0.5, 0.6) is 17.2 Å². The van der Waals surface area contributed by atoms with E-state index in [0.717, 1.165) is 17.5 Å². The number of hydrogen-bond donors (Lipinski definition) is 1. The molecule has 11 heteroatoms. The van der Waals surface area contributed by atoms with Crippen molar-refractivity contribution in [2.45, 2.75) is 39.3 Å². The lowest BCUT2D eigenvalue weighted by Gasteiger charge is -2.25. The van der Waals surface area contributed by atoms with Crippen LogP contribution in [-0.2, 0) is 16.1 Å². The summed E-state index contributed by atoms with van der Waals surface area (Å²) in [6, 6.07) is 18.5. The number of carboxylic acid groups (broad SMARTS) is 1. The highest BCUT2D eigenvalue weighted by Gasteiger charge is 2.35. The maximum atomic E-state index is 14.0. The monoisotopic (exact) mass is 626 g/mol. The Balaban J connectivity index is 1.35. The normalized spacial score (nSPS) is 15.4. The maximum Gasteiger partial charge on any atom is 0.338 e. The van der Waals surface area contributed by atoms with Crippen LogP contribution >= 0.6 is 11.3 Å². The van der Waals surface area contributed by atoms with Gasteiger partial charge in [-0.25, -0.2) is 14.6 Å². The van der Waals surface area contributed by atoms with E-state index in [1.165, 1.54) is 17.4 Å². The van der Waals surface area contributed by atoms with Crippen molar-refractivity contribution in [2.24, 2.45) is 4.99 Å². The topological polar surface area (TPSA) is 126 Å². The van der Waals surface area contributed by atoms with Crippen LogP contribution in [0.4, 0.5) is 0 Å². The molecule has 3 heterocycles. The number of carbonyl (C=O) groups is 2. The molecule has 0 spiro atoms. The predicted molar refractivity (Wildman–Crippen MR) is 166 cm³/mol. The number of ether oxygens (including phenoxy) is 4. The SMILES string of the molecule is CCCC1=C(C(=O)OCC)[C@H](c2ccc3c(c2)OCO3)n2c(s/c(=C\c3ccc(OCc4cccc(C(=O)O)c4)cc3)c2=O)=N1. The number of carbonyl (C=O) groups excluding carboxylic acids is 1. The molecule has 6 rings (SSSR count). The number of benzene rings is 3. The van der Waals surface area contributed by atoms with E-state index >= 15 is 0 Å². The molecule has 1 aromatic heterocycles. The Morgan fingerprint density at radius 3 is 2.62 bits per heavy atom. The smallest absolute Gasteiger partial charge is 0.338 e. The molecule has 10 nitrogen and oxygen atoms in total. The molecule has 1 atom stereocenters. The van der Waals surface area contributed by atoms with E-state index in [4.69, 9.17) is 23.9 Å². The van der Waals surface area contributed by atoms with Gasteiger partial charge in [0.2, 0.25) is 6.79 Å². The van der Waals surface area contributed by atoms with E-state index in [1.807, 2.05) is 25.1 Å². The van der Waals surface area contributed by atoms with Crippen LogP contribution < -0.4 is 29.1 Å². The molecule has 0 saturated carbocycles. The van der Waals surface area contributed by atoms with Gasteiger partial charge >= 0.3 is 11.9 Å². The largest absolute Gasteiger partial charge is 0.489 e. The van der Waals surface area contributed by atoms with Crippen molar-refractivity contribution < 1.29 is 33.6 Å². The van der Waals surface area contributed by atoms with Gasteiger partial charge in [-0.2, -0.15) is 0 Å². The molecule has 3 aromatic carbocycles. The lowest BCUT2D eigenvalue weighted by Crippen LogP contribution is -2.40. The molecular formula is C34H30N2O8S. The second kappa shape index (κ2) is 12.8. The highest BCUT2D eigenvalue weighted by Crippen LogP contribution is 2.38. The summed E-state index contributed by atoms with van der Waals surface area (Å²) in [6.45, 7) is 4.26. The number of carboxylic acids is 1. The Kier molecular flexibility index (Phi) is 8.52. The van der Waals surface area contributed by atoms with E-state index in [1.54, 1.807) is 60.0 Å². The summed E-state index contributed by atoms with van der Waals surface area (Å²) in [7, 11) is 0. The Morgan fingerprint density at radius 2 is 1.87 bits per heavy atom. The number of esters is 1. The number of rotatable bonds is 10. The van der Waals surface area contributed by atoms with Crippen molar-refractivity contribution in [1.29, 1.82) is 0 Å². The highest BCUT2D eigenvalue weighted by molar-refractivity contribution is 7.07. The van der Waals surface area contributed by atoms with Gasteiger partial charge in [-0.1, -0.05) is 55.0 Å². The van der Waals surface area contributed by atoms with Crippen LogP contribution in [0, 0.1) is 0 Å². The van der Waals surface area contributed by atoms with E-state index < -0.39 is 18.0 Å². The first kappa shape index (κ1) is 29.9. The average molecular weight is 627 g/mol. The fourth-order valence-corrected chi connectivity index (χ4v) is 6.31. The summed E-state index contributed by atoms with van der Waals surface area (Å²) < 4.78 is 24.4. The average Bonchev–Trinajstić information content (AvgIpc) is 3.64. The van der Waals surface area contributed by atoms with E-state index in [0.29, 0.717) is 49.8 Å². The fourth-order valence-electron chi connectivity index (χ4n) is 5.29. The summed E-state index contributed by atoms with van der Waals surface area (Å²) in [6.07, 6.45) is 3.08. The van der Waals surface area contributed by atoms with Gasteiger partial charge in [-0.3, -0.25) is 9.36 Å². The zero-order valence-corrected chi connectivity index (χ0v) is 25.5. The third kappa shape index (κ3) is 6.12. The Labute approximate surface area is 262 Å². The van der Waals surface area contributed by atoms with Crippen molar-refractivity contribution >= 4 is 29.4 Å². The van der Waals surface area contributed by atoms with Crippen LogP contribution in [-0.4, -0.2) is 35.0 Å². The maximum absolute atomic E-state index is 14.0. The van der Waals surface area contributed by atoms with E-state index in [9.17, 15) is 19.5 Å². The number of hydrogen-bond acceptors (Lipinski definition) is 9. The minimum atomic E-state index is -0.993. The van der Waals surface area contributed by atoms with Gasteiger partial charge in [0, 0.05) is 0 Å². The minimum absolute atomic E-state index is 0.102. The number of thiazole rings is 1. The zero-order chi connectivity index (χ0) is 31.5. The van der Waals surface area contributed by atoms with E-state index in [-0.39, 0.29) is 31.1 Å². The molecule has 4 aromatic rings. The van der Waals surface area contributed by atoms with Crippen LogP contribution in [0.1, 0.15) is 59.8 Å². The number of aromatic carboxylic acids is 1. The molecule has 0 saturated heterocycles. The molecule has 0 unspecified atom stereocenters. The fraction of sp³-hybridized carbons (Fsp3) is 0.235. The summed E-state index contributed by atoms with van der Waals surface area (Å²) in [5.74, 6) is 0.242. The number of allylic oxidation sites excluding steroid dienone is 1. The van der Waals surface area contributed by atoms with Gasteiger partial charge in [0.15, 0.2) is 16.3 Å². The standard InChI is InChI=1S/C34H30N2O8S/c1-3-6-25-29(33(40)41-4-2)30(22-11-14-26-27(17-22)44-19-43-26)36-31(37)28(45-34(36)35-25)16-20-9-12-24(13-10-20)42-18-21-7-5-8-23(15-21)32(38)39/h5,7-17,30H,3-4,6,18-19H2,1-2H3,(H,38,39)/b28-16-/t30-/m0/s1. The number of nitrogens with zero attached hydrogens (tertiary/aromatic N) is 2. The Bertz CT molecular complexity index is 1990. The van der Waals surface area contributed by atoms with Gasteiger partial charge in [-0.15, -0.1) is 0 Å². The first-order valence-electron chi connectivity index (χ1n) is 14.5. The van der Waals surface area contributed by atoms with Crippen molar-refractivity contribution in [3.63, 3.8) is 0 Å². The minimum Gasteiger partial charge on any atom is -0.489 e. The number of aromatic nitrogens is 1. The third-order valence-corrected chi connectivity index (χ3v) is 8.34. The molecule has 45 heavy (non-hydrogen) atoms. The van der Waals surface area contributed by atoms with Crippen LogP contribution in [0.25, 0.3) is 6.08 Å². The van der Waals surface area contributed by atoms with Crippen LogP contribution in [0.15, 0.2) is 87.8 Å². The number of fused-ring (bicyclic) bond motifs is 2. The van der Waals surface area contributed by atoms with Gasteiger partial charge in [-0.05, 0) is 72.5 Å². The molecule has 2 aliphatic rings. The lowest BCUT2D eigenvalue weighted by atomic mass is 9.94. The van der Waals surface area contributed by atoms with Crippen molar-refractivity contribution in [2.75, 3.05) is 13.4 Å². The van der Waals surface area contributed by atoms with Gasteiger partial charge in [0.05, 0.1) is 34.0 Å². The van der Waals surface area contributed by atoms with Gasteiger partial charge in [0.1, 0.15) is 12.4 Å². The van der Waals surface area contributed by atoms with Crippen molar-refractivity contribution in [3.05, 3.63) is 120 Å². The van der Waals surface area contributed by atoms with Gasteiger partial charge in [0.25, 0.3) is 5.56 Å². The lowest BCUT2D eigenvalue weighted by molar-refractivity contribution is -0.139. The van der Waals surface area contributed by atoms with Crippen molar-refractivity contribution in [1.82, 2.24) is 4.57 Å². The molecule has 2 aliphatic heterocycles. The van der Waals surface area contributed by atoms with Crippen LogP contribution in [0.3, 0.4) is 0 Å². The van der Waals surface area contributed by atoms with Crippen LogP contribution in [0.2, 0.25) is 0 Å². The molecular weight excluding hydrogens is 596 g/mol. The first-order valence-corrected chi connectivity index (χ1v) is 15.3. The molecule has 0 amide bonds. The zero-order valence-electron chi connectivity index (χ0n) is 24.6. The molecule has 0 radical (unpaired) electrons. The molecule has 0 fully saturated rings. The molecule has 0 aliphatic carbocycles. The predicted octanol–water partition coefficient (Wildman–Crippen LogP) is 4.58. The molecule has 1 N–H and O–H groups in total. The summed E-state index contributed by atoms with van der Waals surface area (Å²) in [4.78, 5) is 43.9. The quantitative estimate of drug-likeness (QED) is 0.254. The summed E-state index contributed by atoms with van der Waals surface area (Å²) in [5, 5.41) is 9.22. The first-order chi connectivity index (χ1) is 21.9. The third-order valence-electron chi connectivity index (χ3n) is 7.36. The van der Waals surface area contributed by atoms with E-state index in [2.05, 4.69) is 0 Å². The Morgan fingerprint density at radius 1 is 1.07 bits per heavy atom. The summed E-state index contributed by atoms with van der Waals surface area (Å²) in [5.41, 5.74) is 3.06.